The highest BCUT2D eigenvalue weighted by atomic mass is 16.5. The fourth-order valence-electron chi connectivity index (χ4n) is 2.26. The minimum absolute atomic E-state index is 0.127. The summed E-state index contributed by atoms with van der Waals surface area (Å²) in [4.78, 5) is 33.9. The summed E-state index contributed by atoms with van der Waals surface area (Å²) in [5.74, 6) is -4.00. The summed E-state index contributed by atoms with van der Waals surface area (Å²) < 4.78 is 9.17. The summed E-state index contributed by atoms with van der Waals surface area (Å²) in [7, 11) is 2.50. The van der Waals surface area contributed by atoms with Crippen LogP contribution in [-0.4, -0.2) is 37.2 Å². The summed E-state index contributed by atoms with van der Waals surface area (Å²) in [6.45, 7) is 0. The van der Waals surface area contributed by atoms with E-state index in [-0.39, 0.29) is 6.42 Å². The number of carboxylic acid groups (broad SMARTS) is 1. The van der Waals surface area contributed by atoms with E-state index in [2.05, 4.69) is 9.47 Å². The Bertz CT molecular complexity index is 324. The lowest BCUT2D eigenvalue weighted by Crippen LogP contribution is -2.38. The van der Waals surface area contributed by atoms with Crippen LogP contribution in [0.2, 0.25) is 0 Å². The summed E-state index contributed by atoms with van der Waals surface area (Å²) in [6.07, 6.45) is 0.918. The fourth-order valence-corrected chi connectivity index (χ4v) is 2.26. The molecule has 1 rings (SSSR count). The fraction of sp³-hybridized carbons (Fsp3) is 0.727. The van der Waals surface area contributed by atoms with Gasteiger partial charge in [0.25, 0.3) is 0 Å². The molecule has 1 saturated carbocycles. The minimum Gasteiger partial charge on any atom is -0.481 e. The Morgan fingerprint density at radius 3 is 2.06 bits per heavy atom. The van der Waals surface area contributed by atoms with Crippen LogP contribution < -0.4 is 0 Å². The van der Waals surface area contributed by atoms with Gasteiger partial charge in [0.1, 0.15) is 0 Å². The number of carboxylic acids is 1. The Hall–Kier alpha value is -1.59. The molecule has 3 unspecified atom stereocenters. The van der Waals surface area contributed by atoms with Crippen molar-refractivity contribution in [2.24, 2.45) is 17.8 Å². The molecule has 0 aromatic heterocycles. The van der Waals surface area contributed by atoms with E-state index in [0.29, 0.717) is 12.8 Å². The Balaban J connectivity index is 2.78. The summed E-state index contributed by atoms with van der Waals surface area (Å²) >= 11 is 0. The number of hydrogen-bond donors (Lipinski definition) is 1. The molecule has 0 aromatic carbocycles. The van der Waals surface area contributed by atoms with Gasteiger partial charge < -0.3 is 14.6 Å². The Labute approximate surface area is 98.9 Å². The van der Waals surface area contributed by atoms with Crippen LogP contribution >= 0.6 is 0 Å². The molecule has 0 amide bonds. The normalized spacial score (nSPS) is 28.2. The lowest BCUT2D eigenvalue weighted by atomic mass is 9.74. The van der Waals surface area contributed by atoms with Crippen molar-refractivity contribution in [1.82, 2.24) is 0 Å². The van der Waals surface area contributed by atoms with Gasteiger partial charge in [-0.25, -0.2) is 0 Å². The molecule has 0 spiro atoms. The molecular weight excluding hydrogens is 228 g/mol. The third-order valence-corrected chi connectivity index (χ3v) is 3.21. The van der Waals surface area contributed by atoms with Gasteiger partial charge in [-0.05, 0) is 19.3 Å². The van der Waals surface area contributed by atoms with Gasteiger partial charge in [0.2, 0.25) is 0 Å². The van der Waals surface area contributed by atoms with E-state index in [0.717, 1.165) is 0 Å². The maximum atomic E-state index is 11.4. The van der Waals surface area contributed by atoms with Crippen LogP contribution in [0.25, 0.3) is 0 Å². The monoisotopic (exact) mass is 244 g/mol. The number of carbonyl (C=O) groups excluding carboxylic acids is 2. The van der Waals surface area contributed by atoms with Gasteiger partial charge in [-0.1, -0.05) is 0 Å². The van der Waals surface area contributed by atoms with Gasteiger partial charge in [-0.3, -0.25) is 14.4 Å². The third kappa shape index (κ3) is 2.95. The average Bonchev–Trinajstić information content (AvgIpc) is 2.35. The zero-order valence-electron chi connectivity index (χ0n) is 9.84. The first-order valence-corrected chi connectivity index (χ1v) is 5.39. The largest absolute Gasteiger partial charge is 0.481 e. The van der Waals surface area contributed by atoms with Crippen LogP contribution in [0.15, 0.2) is 0 Å². The quantitative estimate of drug-likeness (QED) is 0.725. The molecule has 0 radical (unpaired) electrons. The number of carbonyl (C=O) groups is 3. The second-order valence-corrected chi connectivity index (χ2v) is 4.11. The molecule has 0 bridgehead atoms. The molecule has 6 nitrogen and oxygen atoms in total. The number of esters is 2. The SMILES string of the molecule is COC(=O)C1CCC(C(=O)OC)C(C(=O)O)C1. The lowest BCUT2D eigenvalue weighted by Gasteiger charge is -2.30. The lowest BCUT2D eigenvalue weighted by molar-refractivity contribution is -0.162. The van der Waals surface area contributed by atoms with Crippen molar-refractivity contribution in [3.8, 4) is 0 Å². The summed E-state index contributed by atoms with van der Waals surface area (Å²) in [5, 5.41) is 9.07. The van der Waals surface area contributed by atoms with Crippen LogP contribution in [-0.2, 0) is 23.9 Å². The van der Waals surface area contributed by atoms with Gasteiger partial charge in [0, 0.05) is 0 Å². The van der Waals surface area contributed by atoms with Gasteiger partial charge in [-0.2, -0.15) is 0 Å². The zero-order chi connectivity index (χ0) is 13.0. The van der Waals surface area contributed by atoms with Crippen LogP contribution in [0.4, 0.5) is 0 Å². The predicted octanol–water partition coefficient (Wildman–Crippen LogP) is 0.449. The van der Waals surface area contributed by atoms with Crippen molar-refractivity contribution in [2.45, 2.75) is 19.3 Å². The standard InChI is InChI=1S/C11H16O6/c1-16-10(14)6-3-4-7(11(15)17-2)8(5-6)9(12)13/h6-8H,3-5H2,1-2H3,(H,12,13). The van der Waals surface area contributed by atoms with Crippen molar-refractivity contribution in [3.05, 3.63) is 0 Å². The first kappa shape index (κ1) is 13.5. The van der Waals surface area contributed by atoms with E-state index in [1.54, 1.807) is 0 Å². The van der Waals surface area contributed by atoms with Crippen molar-refractivity contribution < 1.29 is 29.0 Å². The number of rotatable bonds is 3. The van der Waals surface area contributed by atoms with E-state index in [9.17, 15) is 14.4 Å². The Morgan fingerprint density at radius 2 is 1.59 bits per heavy atom. The van der Waals surface area contributed by atoms with E-state index in [1.165, 1.54) is 14.2 Å². The maximum absolute atomic E-state index is 11.4. The molecular formula is C11H16O6. The molecule has 96 valence electrons. The van der Waals surface area contributed by atoms with E-state index in [4.69, 9.17) is 5.11 Å². The van der Waals surface area contributed by atoms with Crippen LogP contribution in [0, 0.1) is 17.8 Å². The molecule has 1 N–H and O–H groups in total. The second-order valence-electron chi connectivity index (χ2n) is 4.11. The molecule has 1 aliphatic carbocycles. The molecule has 17 heavy (non-hydrogen) atoms. The highest BCUT2D eigenvalue weighted by molar-refractivity contribution is 5.82. The molecule has 0 aliphatic heterocycles. The van der Waals surface area contributed by atoms with Crippen LogP contribution in [0.1, 0.15) is 19.3 Å². The van der Waals surface area contributed by atoms with E-state index in [1.807, 2.05) is 0 Å². The van der Waals surface area contributed by atoms with Gasteiger partial charge in [0.15, 0.2) is 0 Å². The topological polar surface area (TPSA) is 89.9 Å². The molecule has 1 fully saturated rings. The zero-order valence-corrected chi connectivity index (χ0v) is 9.84. The van der Waals surface area contributed by atoms with Crippen LogP contribution in [0.3, 0.4) is 0 Å². The van der Waals surface area contributed by atoms with Crippen molar-refractivity contribution in [1.29, 1.82) is 0 Å². The number of hydrogen-bond acceptors (Lipinski definition) is 5. The average molecular weight is 244 g/mol. The number of ether oxygens (including phenoxy) is 2. The predicted molar refractivity (Wildman–Crippen MR) is 56.0 cm³/mol. The van der Waals surface area contributed by atoms with Gasteiger partial charge in [-0.15, -0.1) is 0 Å². The van der Waals surface area contributed by atoms with Crippen molar-refractivity contribution in [3.63, 3.8) is 0 Å². The molecule has 0 aromatic rings. The molecule has 1 aliphatic rings. The first-order chi connectivity index (χ1) is 8.01. The smallest absolute Gasteiger partial charge is 0.309 e. The van der Waals surface area contributed by atoms with E-state index < -0.39 is 35.7 Å². The Morgan fingerprint density at radius 1 is 1.00 bits per heavy atom. The minimum atomic E-state index is -1.07. The van der Waals surface area contributed by atoms with Crippen molar-refractivity contribution >= 4 is 17.9 Å². The molecule has 0 saturated heterocycles. The Kier molecular flexibility index (Phi) is 4.48. The van der Waals surface area contributed by atoms with Gasteiger partial charge in [0.05, 0.1) is 32.0 Å². The molecule has 3 atom stereocenters. The second kappa shape index (κ2) is 5.65. The number of methoxy groups -OCH3 is 2. The summed E-state index contributed by atoms with van der Waals surface area (Å²) in [6, 6.07) is 0. The highest BCUT2D eigenvalue weighted by Gasteiger charge is 2.42. The third-order valence-electron chi connectivity index (χ3n) is 3.21. The number of aliphatic carboxylic acids is 1. The van der Waals surface area contributed by atoms with Crippen LogP contribution in [0.5, 0.6) is 0 Å². The van der Waals surface area contributed by atoms with E-state index >= 15 is 0 Å². The molecule has 6 heteroatoms. The summed E-state index contributed by atoms with van der Waals surface area (Å²) in [5.41, 5.74) is 0. The first-order valence-electron chi connectivity index (χ1n) is 5.39. The molecule has 0 heterocycles. The van der Waals surface area contributed by atoms with Crippen molar-refractivity contribution in [2.75, 3.05) is 14.2 Å². The maximum Gasteiger partial charge on any atom is 0.309 e. The highest BCUT2D eigenvalue weighted by Crippen LogP contribution is 2.35. The van der Waals surface area contributed by atoms with Gasteiger partial charge >= 0.3 is 17.9 Å².